The number of primary amides is 1. The lowest BCUT2D eigenvalue weighted by Crippen LogP contribution is -2.45. The Labute approximate surface area is 162 Å². The van der Waals surface area contributed by atoms with Crippen molar-refractivity contribution >= 4 is 6.09 Å². The molecule has 3 aliphatic rings. The highest BCUT2D eigenvalue weighted by Gasteiger charge is 2.56. The Balaban J connectivity index is 1.61. The second-order valence-electron chi connectivity index (χ2n) is 9.25. The van der Waals surface area contributed by atoms with E-state index in [4.69, 9.17) is 10.5 Å². The molecule has 148 valence electrons. The highest BCUT2D eigenvalue weighted by molar-refractivity contribution is 5.65. The maximum atomic E-state index is 11.4. The minimum absolute atomic E-state index is 0.0257. The van der Waals surface area contributed by atoms with Crippen molar-refractivity contribution in [3.8, 4) is 5.75 Å². The van der Waals surface area contributed by atoms with E-state index < -0.39 is 6.09 Å². The molecule has 3 aliphatic carbocycles. The zero-order valence-corrected chi connectivity index (χ0v) is 16.7. The molecule has 0 aliphatic heterocycles. The molecule has 4 rings (SSSR count). The number of carbonyl (C=O) groups excluding carboxylic acids is 1. The van der Waals surface area contributed by atoms with E-state index in [1.807, 2.05) is 6.07 Å². The number of fused-ring (bicyclic) bond motifs is 5. The predicted molar refractivity (Wildman–Crippen MR) is 106 cm³/mol. The van der Waals surface area contributed by atoms with E-state index in [1.165, 1.54) is 17.5 Å². The molecular weight excluding hydrogens is 338 g/mol. The van der Waals surface area contributed by atoms with Crippen LogP contribution in [0.15, 0.2) is 12.1 Å². The number of phenols is 1. The van der Waals surface area contributed by atoms with Gasteiger partial charge in [-0.25, -0.2) is 4.79 Å². The number of hydrogen-bond acceptors (Lipinski definition) is 3. The van der Waals surface area contributed by atoms with Gasteiger partial charge < -0.3 is 15.6 Å². The lowest BCUT2D eigenvalue weighted by molar-refractivity contribution is -0.0291. The van der Waals surface area contributed by atoms with Gasteiger partial charge in [-0.1, -0.05) is 26.3 Å². The van der Waals surface area contributed by atoms with Crippen LogP contribution in [0.1, 0.15) is 81.4 Å². The normalized spacial score (nSPS) is 34.4. The molecule has 3 N–H and O–H groups in total. The average molecular weight is 372 g/mol. The number of benzene rings is 1. The van der Waals surface area contributed by atoms with Gasteiger partial charge in [0.05, 0.1) is 0 Å². The zero-order valence-electron chi connectivity index (χ0n) is 16.7. The Hall–Kier alpha value is -1.71. The summed E-state index contributed by atoms with van der Waals surface area (Å²) in [6.45, 7) is 4.51. The average Bonchev–Trinajstić information content (AvgIpc) is 2.95. The third kappa shape index (κ3) is 3.11. The van der Waals surface area contributed by atoms with Crippen molar-refractivity contribution in [1.82, 2.24) is 0 Å². The van der Waals surface area contributed by atoms with Crippen LogP contribution < -0.4 is 5.73 Å². The van der Waals surface area contributed by atoms with E-state index in [9.17, 15) is 9.90 Å². The molecule has 0 radical (unpaired) electrons. The molecule has 0 spiro atoms. The molecule has 0 bridgehead atoms. The van der Waals surface area contributed by atoms with Gasteiger partial charge in [-0.15, -0.1) is 0 Å². The van der Waals surface area contributed by atoms with Gasteiger partial charge in [0.1, 0.15) is 11.9 Å². The van der Waals surface area contributed by atoms with E-state index in [-0.39, 0.29) is 11.5 Å². The second-order valence-corrected chi connectivity index (χ2v) is 9.25. The number of ether oxygens (including phenoxy) is 1. The number of aromatic hydroxyl groups is 1. The van der Waals surface area contributed by atoms with Crippen LogP contribution in [0.25, 0.3) is 0 Å². The minimum atomic E-state index is -0.631. The number of amides is 1. The second kappa shape index (κ2) is 7.03. The Morgan fingerprint density at radius 3 is 2.85 bits per heavy atom. The highest BCUT2D eigenvalue weighted by Crippen LogP contribution is 2.61. The summed E-state index contributed by atoms with van der Waals surface area (Å²) < 4.78 is 5.52. The van der Waals surface area contributed by atoms with Crippen LogP contribution in [0.4, 0.5) is 4.79 Å². The zero-order chi connectivity index (χ0) is 19.2. The standard InChI is InChI=1S/C23H33NO3/c1-3-4-5-15-12-18-14(13-20(15)25)6-7-17-16(18)10-11-23(2)19(17)8-9-21(23)27-22(24)26/h12-13,16-17,19,21,25H,3-11H2,1-2H3,(H2,24,26)/t16-,17+,19-,21-,23-/m0/s1. The largest absolute Gasteiger partial charge is 0.508 e. The first-order chi connectivity index (χ1) is 12.9. The summed E-state index contributed by atoms with van der Waals surface area (Å²) in [5, 5.41) is 10.4. The summed E-state index contributed by atoms with van der Waals surface area (Å²) in [4.78, 5) is 11.4. The molecule has 0 aromatic heterocycles. The smallest absolute Gasteiger partial charge is 0.404 e. The molecular formula is C23H33NO3. The van der Waals surface area contributed by atoms with Crippen molar-refractivity contribution in [2.45, 2.75) is 83.7 Å². The third-order valence-electron chi connectivity index (χ3n) is 7.90. The lowest BCUT2D eigenvalue weighted by Gasteiger charge is -2.50. The molecule has 0 saturated heterocycles. The van der Waals surface area contributed by atoms with Crippen LogP contribution in [-0.4, -0.2) is 17.3 Å². The van der Waals surface area contributed by atoms with Crippen LogP contribution in [-0.2, 0) is 17.6 Å². The van der Waals surface area contributed by atoms with Gasteiger partial charge in [-0.3, -0.25) is 0 Å². The molecule has 4 heteroatoms. The SMILES string of the molecule is CCCCc1cc2c(cc1O)CC[C@@H]1[C@@H]2CC[C@]2(C)[C@@H](OC(N)=O)CC[C@@H]12. The van der Waals surface area contributed by atoms with E-state index >= 15 is 0 Å². The molecule has 27 heavy (non-hydrogen) atoms. The van der Waals surface area contributed by atoms with E-state index in [0.29, 0.717) is 23.5 Å². The van der Waals surface area contributed by atoms with Crippen LogP contribution in [0.5, 0.6) is 5.75 Å². The number of hydrogen-bond donors (Lipinski definition) is 2. The topological polar surface area (TPSA) is 72.6 Å². The fourth-order valence-corrected chi connectivity index (χ4v) is 6.51. The fourth-order valence-electron chi connectivity index (χ4n) is 6.51. The van der Waals surface area contributed by atoms with Gasteiger partial charge in [0.15, 0.2) is 0 Å². The Bertz CT molecular complexity index is 731. The van der Waals surface area contributed by atoms with Crippen LogP contribution in [0, 0.1) is 17.3 Å². The molecule has 2 fully saturated rings. The quantitative estimate of drug-likeness (QED) is 0.777. The number of unbranched alkanes of at least 4 members (excludes halogenated alkanes) is 1. The first kappa shape index (κ1) is 18.6. The van der Waals surface area contributed by atoms with Gasteiger partial charge in [0, 0.05) is 5.41 Å². The van der Waals surface area contributed by atoms with Crippen LogP contribution in [0.3, 0.4) is 0 Å². The predicted octanol–water partition coefficient (Wildman–Crippen LogP) is 5.05. The first-order valence-corrected chi connectivity index (χ1v) is 10.7. The van der Waals surface area contributed by atoms with Crippen molar-refractivity contribution in [3.05, 3.63) is 28.8 Å². The summed E-state index contributed by atoms with van der Waals surface area (Å²) in [7, 11) is 0. The molecule has 1 aromatic rings. The summed E-state index contributed by atoms with van der Waals surface area (Å²) in [5.41, 5.74) is 9.35. The number of rotatable bonds is 4. The molecule has 0 unspecified atom stereocenters. The Morgan fingerprint density at radius 2 is 2.11 bits per heavy atom. The number of carbonyl (C=O) groups is 1. The summed E-state index contributed by atoms with van der Waals surface area (Å²) in [6.07, 6.45) is 9.09. The molecule has 1 aromatic carbocycles. The fraction of sp³-hybridized carbons (Fsp3) is 0.696. The van der Waals surface area contributed by atoms with Crippen LogP contribution in [0.2, 0.25) is 0 Å². The molecule has 1 amide bonds. The first-order valence-electron chi connectivity index (χ1n) is 10.7. The highest BCUT2D eigenvalue weighted by atomic mass is 16.6. The summed E-state index contributed by atoms with van der Waals surface area (Å²) >= 11 is 0. The number of nitrogens with two attached hydrogens (primary N) is 1. The van der Waals surface area contributed by atoms with Crippen molar-refractivity contribution in [3.63, 3.8) is 0 Å². The number of aryl methyl sites for hydroxylation is 2. The summed E-state index contributed by atoms with van der Waals surface area (Å²) in [6, 6.07) is 4.35. The van der Waals surface area contributed by atoms with Crippen molar-refractivity contribution < 1.29 is 14.6 Å². The maximum Gasteiger partial charge on any atom is 0.404 e. The van der Waals surface area contributed by atoms with Gasteiger partial charge in [0.2, 0.25) is 0 Å². The van der Waals surface area contributed by atoms with E-state index in [1.54, 1.807) is 0 Å². The molecule has 0 heterocycles. The van der Waals surface area contributed by atoms with Gasteiger partial charge >= 0.3 is 6.09 Å². The van der Waals surface area contributed by atoms with Gasteiger partial charge in [-0.2, -0.15) is 0 Å². The Kier molecular flexibility index (Phi) is 4.85. The monoisotopic (exact) mass is 371 g/mol. The lowest BCUT2D eigenvalue weighted by atomic mass is 9.55. The third-order valence-corrected chi connectivity index (χ3v) is 7.90. The molecule has 5 atom stereocenters. The maximum absolute atomic E-state index is 11.4. The molecule has 2 saturated carbocycles. The van der Waals surface area contributed by atoms with Crippen molar-refractivity contribution in [2.24, 2.45) is 23.0 Å². The van der Waals surface area contributed by atoms with Gasteiger partial charge in [-0.05, 0) is 91.9 Å². The summed E-state index contributed by atoms with van der Waals surface area (Å²) in [5.74, 6) is 2.32. The van der Waals surface area contributed by atoms with E-state index in [0.717, 1.165) is 56.9 Å². The minimum Gasteiger partial charge on any atom is -0.508 e. The number of phenolic OH excluding ortho intramolecular Hbond substituents is 1. The van der Waals surface area contributed by atoms with E-state index in [2.05, 4.69) is 19.9 Å². The van der Waals surface area contributed by atoms with Crippen molar-refractivity contribution in [2.75, 3.05) is 0 Å². The Morgan fingerprint density at radius 1 is 1.30 bits per heavy atom. The van der Waals surface area contributed by atoms with Gasteiger partial charge in [0.25, 0.3) is 0 Å². The van der Waals surface area contributed by atoms with Crippen LogP contribution >= 0.6 is 0 Å². The van der Waals surface area contributed by atoms with Crippen molar-refractivity contribution in [1.29, 1.82) is 0 Å². The molecule has 4 nitrogen and oxygen atoms in total.